The lowest BCUT2D eigenvalue weighted by molar-refractivity contribution is 0.511. The predicted molar refractivity (Wildman–Crippen MR) is 79.8 cm³/mol. The zero-order valence-corrected chi connectivity index (χ0v) is 13.1. The van der Waals surface area contributed by atoms with Gasteiger partial charge in [-0.25, -0.2) is 8.78 Å². The van der Waals surface area contributed by atoms with Gasteiger partial charge in [0.05, 0.1) is 28.0 Å². The molecule has 3 nitrogen and oxygen atoms in total. The molecule has 21 heavy (non-hydrogen) atoms. The molecule has 1 unspecified atom stereocenters. The average Bonchev–Trinajstić information content (AvgIpc) is 2.79. The Bertz CT molecular complexity index is 643. The zero-order valence-electron chi connectivity index (χ0n) is 11.6. The molecule has 1 N–H and O–H groups in total. The average molecular weight is 334 g/mol. The molecule has 2 rings (SSSR count). The topological polar surface area (TPSA) is 29.9 Å². The highest BCUT2D eigenvalue weighted by atomic mass is 35.5. The van der Waals surface area contributed by atoms with Crippen LogP contribution >= 0.6 is 23.2 Å². The molecule has 7 heteroatoms. The van der Waals surface area contributed by atoms with Crippen LogP contribution in [0.15, 0.2) is 18.3 Å². The fraction of sp³-hybridized carbons (Fsp3) is 0.357. The minimum Gasteiger partial charge on any atom is -0.308 e. The van der Waals surface area contributed by atoms with Crippen LogP contribution < -0.4 is 5.32 Å². The molecule has 0 saturated heterocycles. The summed E-state index contributed by atoms with van der Waals surface area (Å²) < 4.78 is 29.5. The van der Waals surface area contributed by atoms with E-state index in [1.165, 1.54) is 6.20 Å². The van der Waals surface area contributed by atoms with Crippen LogP contribution in [0.1, 0.15) is 30.6 Å². The Balaban J connectivity index is 2.55. The largest absolute Gasteiger partial charge is 0.308 e. The van der Waals surface area contributed by atoms with Crippen molar-refractivity contribution in [1.82, 2.24) is 15.1 Å². The summed E-state index contributed by atoms with van der Waals surface area (Å²) >= 11 is 11.8. The number of halogens is 4. The lowest BCUT2D eigenvalue weighted by Crippen LogP contribution is -2.23. The van der Waals surface area contributed by atoms with Crippen molar-refractivity contribution >= 4 is 23.2 Å². The van der Waals surface area contributed by atoms with E-state index in [0.717, 1.165) is 18.6 Å². The number of hydrogen-bond acceptors (Lipinski definition) is 2. The van der Waals surface area contributed by atoms with E-state index in [9.17, 15) is 8.78 Å². The quantitative estimate of drug-likeness (QED) is 0.831. The van der Waals surface area contributed by atoms with Gasteiger partial charge in [0.2, 0.25) is 0 Å². The Morgan fingerprint density at radius 1 is 1.24 bits per heavy atom. The molecule has 0 aliphatic heterocycles. The van der Waals surface area contributed by atoms with Crippen LogP contribution in [-0.4, -0.2) is 16.8 Å². The van der Waals surface area contributed by atoms with Crippen molar-refractivity contribution in [2.45, 2.75) is 25.9 Å². The summed E-state index contributed by atoms with van der Waals surface area (Å²) in [5, 5.41) is 7.27. The molecule has 0 aliphatic rings. The third kappa shape index (κ3) is 3.20. The maximum Gasteiger partial charge on any atom is 0.142 e. The van der Waals surface area contributed by atoms with Crippen molar-refractivity contribution in [1.29, 1.82) is 0 Å². The first-order valence-corrected chi connectivity index (χ1v) is 7.28. The van der Waals surface area contributed by atoms with Crippen LogP contribution in [0, 0.1) is 11.6 Å². The summed E-state index contributed by atoms with van der Waals surface area (Å²) in [5.41, 5.74) is 0.737. The summed E-state index contributed by atoms with van der Waals surface area (Å²) in [6.45, 7) is 2.63. The van der Waals surface area contributed by atoms with E-state index in [2.05, 4.69) is 10.4 Å². The van der Waals surface area contributed by atoms with Crippen molar-refractivity contribution in [3.8, 4) is 0 Å². The molecule has 1 heterocycles. The summed E-state index contributed by atoms with van der Waals surface area (Å²) in [7, 11) is 1.65. The van der Waals surface area contributed by atoms with E-state index >= 15 is 0 Å². The van der Waals surface area contributed by atoms with Crippen molar-refractivity contribution < 1.29 is 8.78 Å². The first-order chi connectivity index (χ1) is 9.99. The van der Waals surface area contributed by atoms with E-state index in [0.29, 0.717) is 17.3 Å². The van der Waals surface area contributed by atoms with Gasteiger partial charge in [0.1, 0.15) is 11.6 Å². The Labute approximate surface area is 131 Å². The SMILES string of the molecule is CCCn1ncc(Cl)c1C(NC)c1cc(F)c(Cl)cc1F. The van der Waals surface area contributed by atoms with E-state index < -0.39 is 17.7 Å². The number of rotatable bonds is 5. The van der Waals surface area contributed by atoms with Gasteiger partial charge < -0.3 is 5.32 Å². The zero-order chi connectivity index (χ0) is 15.6. The highest BCUT2D eigenvalue weighted by Gasteiger charge is 2.24. The third-order valence-corrected chi connectivity index (χ3v) is 3.76. The van der Waals surface area contributed by atoms with E-state index in [1.807, 2.05) is 6.92 Å². The molecule has 0 fully saturated rings. The maximum atomic E-state index is 14.1. The molecule has 0 bridgehead atoms. The molecule has 1 atom stereocenters. The second-order valence-electron chi connectivity index (χ2n) is 4.61. The van der Waals surface area contributed by atoms with E-state index in [4.69, 9.17) is 23.2 Å². The summed E-state index contributed by atoms with van der Waals surface area (Å²) in [4.78, 5) is 0. The normalized spacial score (nSPS) is 12.7. The van der Waals surface area contributed by atoms with Gasteiger partial charge in [0.25, 0.3) is 0 Å². The number of aryl methyl sites for hydroxylation is 1. The molecule has 1 aromatic carbocycles. The lowest BCUT2D eigenvalue weighted by Gasteiger charge is -2.20. The van der Waals surface area contributed by atoms with Crippen LogP contribution in [0.4, 0.5) is 8.78 Å². The lowest BCUT2D eigenvalue weighted by atomic mass is 10.0. The molecule has 114 valence electrons. The van der Waals surface area contributed by atoms with Crippen LogP contribution in [0.2, 0.25) is 10.0 Å². The minimum absolute atomic E-state index is 0.138. The predicted octanol–water partition coefficient (Wildman–Crippen LogP) is 4.19. The molecule has 0 radical (unpaired) electrons. The van der Waals surface area contributed by atoms with Crippen molar-refractivity contribution in [2.75, 3.05) is 7.05 Å². The molecular weight excluding hydrogens is 319 g/mol. The Hall–Kier alpha value is -1.17. The molecule has 0 aliphatic carbocycles. The highest BCUT2D eigenvalue weighted by Crippen LogP contribution is 2.31. The molecule has 1 aromatic heterocycles. The van der Waals surface area contributed by atoms with Gasteiger partial charge in [-0.1, -0.05) is 30.1 Å². The molecule has 0 spiro atoms. The summed E-state index contributed by atoms with van der Waals surface area (Å²) in [6, 6.07) is 1.43. The number of nitrogens with one attached hydrogen (secondary N) is 1. The Kier molecular flexibility index (Phi) is 5.19. The van der Waals surface area contributed by atoms with Gasteiger partial charge in [-0.05, 0) is 25.6 Å². The fourth-order valence-corrected chi connectivity index (χ4v) is 2.65. The fourth-order valence-electron chi connectivity index (χ4n) is 2.25. The van der Waals surface area contributed by atoms with Crippen LogP contribution in [0.3, 0.4) is 0 Å². The first-order valence-electron chi connectivity index (χ1n) is 6.52. The Morgan fingerprint density at radius 2 is 1.95 bits per heavy atom. The van der Waals surface area contributed by atoms with Gasteiger partial charge in [-0.15, -0.1) is 0 Å². The molecule has 2 aromatic rings. The van der Waals surface area contributed by atoms with Gasteiger partial charge in [-0.2, -0.15) is 5.10 Å². The van der Waals surface area contributed by atoms with Gasteiger partial charge in [0, 0.05) is 12.1 Å². The second-order valence-corrected chi connectivity index (χ2v) is 5.42. The maximum absolute atomic E-state index is 14.1. The van der Waals surface area contributed by atoms with Crippen molar-refractivity contribution in [3.05, 3.63) is 51.3 Å². The van der Waals surface area contributed by atoms with Gasteiger partial charge in [-0.3, -0.25) is 4.68 Å². The highest BCUT2D eigenvalue weighted by molar-refractivity contribution is 6.31. The molecular formula is C14H15Cl2F2N3. The van der Waals surface area contributed by atoms with Crippen molar-refractivity contribution in [2.24, 2.45) is 0 Å². The monoisotopic (exact) mass is 333 g/mol. The smallest absolute Gasteiger partial charge is 0.142 e. The van der Waals surface area contributed by atoms with Crippen LogP contribution in [0.25, 0.3) is 0 Å². The molecule has 0 saturated carbocycles. The number of aromatic nitrogens is 2. The molecule has 0 amide bonds. The van der Waals surface area contributed by atoms with Gasteiger partial charge in [0.15, 0.2) is 0 Å². The Morgan fingerprint density at radius 3 is 2.57 bits per heavy atom. The summed E-state index contributed by atoms with van der Waals surface area (Å²) in [5.74, 6) is -1.27. The first kappa shape index (κ1) is 16.2. The number of hydrogen-bond donors (Lipinski definition) is 1. The van der Waals surface area contributed by atoms with E-state index in [1.54, 1.807) is 11.7 Å². The van der Waals surface area contributed by atoms with Crippen LogP contribution in [0.5, 0.6) is 0 Å². The minimum atomic E-state index is -0.675. The van der Waals surface area contributed by atoms with Crippen molar-refractivity contribution in [3.63, 3.8) is 0 Å². The standard InChI is InChI=1S/C14H15Cl2F2N3/c1-3-4-21-14(10(16)7-20-21)13(19-2)8-5-12(18)9(15)6-11(8)17/h5-7,13,19H,3-4H2,1-2H3. The van der Waals surface area contributed by atoms with Crippen LogP contribution in [-0.2, 0) is 6.54 Å². The van der Waals surface area contributed by atoms with E-state index in [-0.39, 0.29) is 10.6 Å². The third-order valence-electron chi connectivity index (χ3n) is 3.18. The number of benzene rings is 1. The van der Waals surface area contributed by atoms with Gasteiger partial charge >= 0.3 is 0 Å². The number of nitrogens with zero attached hydrogens (tertiary/aromatic N) is 2. The summed E-state index contributed by atoms with van der Waals surface area (Å²) in [6.07, 6.45) is 2.35. The second kappa shape index (κ2) is 6.73.